The molecule has 0 aromatic heterocycles. The molecule has 0 N–H and O–H groups in total. The zero-order valence-corrected chi connectivity index (χ0v) is 13.4. The van der Waals surface area contributed by atoms with E-state index in [0.29, 0.717) is 0 Å². The van der Waals surface area contributed by atoms with Gasteiger partial charge in [-0.3, -0.25) is 0 Å². The molecule has 0 fully saturated rings. The lowest BCUT2D eigenvalue weighted by atomic mass is 9.99. The number of carbonyl (C=O) groups is 1. The van der Waals surface area contributed by atoms with Crippen molar-refractivity contribution in [2.75, 3.05) is 7.11 Å². The molecule has 0 saturated heterocycles. The van der Waals surface area contributed by atoms with Gasteiger partial charge in [0.05, 0.1) is 7.11 Å². The van der Waals surface area contributed by atoms with Gasteiger partial charge in [-0.15, -0.1) is 0 Å². The van der Waals surface area contributed by atoms with E-state index >= 15 is 0 Å². The molecule has 0 amide bonds. The molecule has 2 nitrogen and oxygen atoms in total. The van der Waals surface area contributed by atoms with Gasteiger partial charge < -0.3 is 4.74 Å². The van der Waals surface area contributed by atoms with Crippen molar-refractivity contribution in [1.29, 1.82) is 0 Å². The Morgan fingerprint density at radius 3 is 2.50 bits per heavy atom. The van der Waals surface area contributed by atoms with Gasteiger partial charge in [-0.1, -0.05) is 59.7 Å². The Kier molecular flexibility index (Phi) is 5.54. The number of allylic oxidation sites excluding steroid dienone is 1. The number of rotatable bonds is 5. The summed E-state index contributed by atoms with van der Waals surface area (Å²) < 4.78 is 4.64. The van der Waals surface area contributed by atoms with Crippen molar-refractivity contribution in [2.24, 2.45) is 0 Å². The van der Waals surface area contributed by atoms with Gasteiger partial charge in [0.1, 0.15) is 0 Å². The Balaban J connectivity index is 2.07. The minimum Gasteiger partial charge on any atom is -0.466 e. The topological polar surface area (TPSA) is 26.3 Å². The first-order valence-electron chi connectivity index (χ1n) is 7.49. The van der Waals surface area contributed by atoms with E-state index in [-0.39, 0.29) is 5.97 Å². The summed E-state index contributed by atoms with van der Waals surface area (Å²) in [6, 6.07) is 17.1. The molecule has 0 spiro atoms. The van der Waals surface area contributed by atoms with Gasteiger partial charge in [0.15, 0.2) is 0 Å². The summed E-state index contributed by atoms with van der Waals surface area (Å²) in [5.41, 5.74) is 6.04. The minimum atomic E-state index is -0.286. The Morgan fingerprint density at radius 1 is 1.09 bits per heavy atom. The van der Waals surface area contributed by atoms with Crippen molar-refractivity contribution in [3.63, 3.8) is 0 Å². The number of methoxy groups -OCH3 is 1. The van der Waals surface area contributed by atoms with Crippen molar-refractivity contribution < 1.29 is 9.53 Å². The van der Waals surface area contributed by atoms with E-state index < -0.39 is 0 Å². The fourth-order valence-electron chi connectivity index (χ4n) is 2.33. The van der Waals surface area contributed by atoms with Gasteiger partial charge in [-0.05, 0) is 43.4 Å². The highest BCUT2D eigenvalue weighted by Crippen LogP contribution is 2.22. The monoisotopic (exact) mass is 294 g/mol. The first kappa shape index (κ1) is 16.0. The maximum atomic E-state index is 11.2. The normalized spacial score (nSPS) is 11.3. The highest BCUT2D eigenvalue weighted by molar-refractivity contribution is 5.82. The number of hydrogen-bond donors (Lipinski definition) is 0. The van der Waals surface area contributed by atoms with Crippen LogP contribution in [0.4, 0.5) is 0 Å². The second-order valence-corrected chi connectivity index (χ2v) is 5.58. The molecule has 0 bridgehead atoms. The van der Waals surface area contributed by atoms with E-state index in [1.807, 2.05) is 6.92 Å². The molecular formula is C20H22O2. The second kappa shape index (κ2) is 7.60. The van der Waals surface area contributed by atoms with Gasteiger partial charge in [0, 0.05) is 6.08 Å². The van der Waals surface area contributed by atoms with Crippen LogP contribution in [0.1, 0.15) is 24.5 Å². The molecule has 114 valence electrons. The number of ether oxygens (including phenoxy) is 1. The molecule has 2 aromatic carbocycles. The van der Waals surface area contributed by atoms with Gasteiger partial charge in [0.2, 0.25) is 0 Å². The number of benzene rings is 2. The summed E-state index contributed by atoms with van der Waals surface area (Å²) in [5.74, 6) is -0.286. The number of hydrogen-bond acceptors (Lipinski definition) is 2. The summed E-state index contributed by atoms with van der Waals surface area (Å²) in [6.07, 6.45) is 3.33. The molecule has 0 atom stereocenters. The molecule has 0 aliphatic carbocycles. The van der Waals surface area contributed by atoms with Gasteiger partial charge in [-0.25, -0.2) is 4.79 Å². The van der Waals surface area contributed by atoms with Crippen LogP contribution in [0.3, 0.4) is 0 Å². The van der Waals surface area contributed by atoms with Gasteiger partial charge in [0.25, 0.3) is 0 Å². The average molecular weight is 294 g/mol. The van der Waals surface area contributed by atoms with Crippen LogP contribution in [0.25, 0.3) is 11.1 Å². The van der Waals surface area contributed by atoms with E-state index in [9.17, 15) is 4.79 Å². The van der Waals surface area contributed by atoms with Crippen LogP contribution in [-0.2, 0) is 16.0 Å². The van der Waals surface area contributed by atoms with Crippen LogP contribution in [0.2, 0.25) is 0 Å². The van der Waals surface area contributed by atoms with E-state index in [2.05, 4.69) is 60.2 Å². The number of esters is 1. The third kappa shape index (κ3) is 4.59. The predicted molar refractivity (Wildman–Crippen MR) is 90.7 cm³/mol. The first-order valence-corrected chi connectivity index (χ1v) is 7.49. The Bertz CT molecular complexity index is 666. The quantitative estimate of drug-likeness (QED) is 0.589. The van der Waals surface area contributed by atoms with Crippen molar-refractivity contribution in [1.82, 2.24) is 0 Å². The number of carbonyl (C=O) groups excluding carboxylic acids is 1. The van der Waals surface area contributed by atoms with E-state index in [0.717, 1.165) is 18.4 Å². The maximum absolute atomic E-state index is 11.2. The average Bonchev–Trinajstić information content (AvgIpc) is 2.54. The predicted octanol–water partition coefficient (Wildman–Crippen LogP) is 4.71. The largest absolute Gasteiger partial charge is 0.466 e. The van der Waals surface area contributed by atoms with Crippen LogP contribution in [0.15, 0.2) is 60.2 Å². The molecule has 0 saturated carbocycles. The lowest BCUT2D eigenvalue weighted by molar-refractivity contribution is -0.134. The Morgan fingerprint density at radius 2 is 1.82 bits per heavy atom. The fourth-order valence-corrected chi connectivity index (χ4v) is 2.33. The first-order chi connectivity index (χ1) is 10.6. The maximum Gasteiger partial charge on any atom is 0.330 e. The van der Waals surface area contributed by atoms with Crippen LogP contribution >= 0.6 is 0 Å². The highest BCUT2D eigenvalue weighted by Gasteiger charge is 2.01. The molecule has 22 heavy (non-hydrogen) atoms. The summed E-state index contributed by atoms with van der Waals surface area (Å²) in [6.45, 7) is 4.05. The fraction of sp³-hybridized carbons (Fsp3) is 0.250. The van der Waals surface area contributed by atoms with Crippen LogP contribution in [0, 0.1) is 6.92 Å². The van der Waals surface area contributed by atoms with Gasteiger partial charge >= 0.3 is 5.97 Å². The summed E-state index contributed by atoms with van der Waals surface area (Å²) >= 11 is 0. The minimum absolute atomic E-state index is 0.286. The van der Waals surface area contributed by atoms with Gasteiger partial charge in [-0.2, -0.15) is 0 Å². The molecule has 2 rings (SSSR count). The third-order valence-corrected chi connectivity index (χ3v) is 3.69. The molecule has 0 aliphatic rings. The van der Waals surface area contributed by atoms with E-state index in [1.54, 1.807) is 6.08 Å². The molecule has 0 radical (unpaired) electrons. The third-order valence-electron chi connectivity index (χ3n) is 3.69. The van der Waals surface area contributed by atoms with Crippen molar-refractivity contribution in [3.05, 3.63) is 71.3 Å². The summed E-state index contributed by atoms with van der Waals surface area (Å²) in [7, 11) is 1.40. The van der Waals surface area contributed by atoms with Crippen molar-refractivity contribution in [3.8, 4) is 11.1 Å². The smallest absolute Gasteiger partial charge is 0.330 e. The zero-order chi connectivity index (χ0) is 15.9. The van der Waals surface area contributed by atoms with Crippen LogP contribution in [-0.4, -0.2) is 13.1 Å². The molecule has 0 aliphatic heterocycles. The lowest BCUT2D eigenvalue weighted by Crippen LogP contribution is -1.97. The summed E-state index contributed by atoms with van der Waals surface area (Å²) in [4.78, 5) is 11.2. The summed E-state index contributed by atoms with van der Waals surface area (Å²) in [5, 5.41) is 0. The van der Waals surface area contributed by atoms with Crippen LogP contribution in [0.5, 0.6) is 0 Å². The highest BCUT2D eigenvalue weighted by atomic mass is 16.5. The van der Waals surface area contributed by atoms with Crippen LogP contribution < -0.4 is 0 Å². The molecule has 0 heterocycles. The SMILES string of the molecule is COC(=O)/C=C(\C)CCc1cccc(-c2ccc(C)cc2)c1. The van der Waals surface area contributed by atoms with Crippen molar-refractivity contribution >= 4 is 5.97 Å². The standard InChI is InChI=1S/C20H22O2/c1-15-8-11-18(12-9-15)19-6-4-5-17(14-19)10-7-16(2)13-20(21)22-3/h4-6,8-9,11-14H,7,10H2,1-3H3/b16-13+. The van der Waals surface area contributed by atoms with E-state index in [1.165, 1.54) is 29.4 Å². The lowest BCUT2D eigenvalue weighted by Gasteiger charge is -2.07. The Hall–Kier alpha value is -2.35. The Labute approximate surface area is 132 Å². The molecular weight excluding hydrogens is 272 g/mol. The number of aryl methyl sites for hydroxylation is 2. The molecule has 2 aromatic rings. The molecule has 0 unspecified atom stereocenters. The van der Waals surface area contributed by atoms with Crippen molar-refractivity contribution in [2.45, 2.75) is 26.7 Å². The zero-order valence-electron chi connectivity index (χ0n) is 13.4. The molecule has 2 heteroatoms. The van der Waals surface area contributed by atoms with E-state index in [4.69, 9.17) is 0 Å². The second-order valence-electron chi connectivity index (χ2n) is 5.58.